The van der Waals surface area contributed by atoms with Crippen LogP contribution in [0.2, 0.25) is 0 Å². The number of amides is 4. The molecule has 2 aliphatic heterocycles. The van der Waals surface area contributed by atoms with Crippen molar-refractivity contribution in [1.82, 2.24) is 15.2 Å². The van der Waals surface area contributed by atoms with Crippen molar-refractivity contribution in [2.24, 2.45) is 0 Å². The van der Waals surface area contributed by atoms with Gasteiger partial charge in [0.1, 0.15) is 11.7 Å². The second-order valence-electron chi connectivity index (χ2n) is 8.53. The first-order valence-corrected chi connectivity index (χ1v) is 11.3. The standard InChI is InChI=1S/C22H19BrF2N4O4/c23-17-13-5-6-22(24,25)8-14(13)27-18(17)20(32)26-11-1-2-12-10(7-11)9-29(21(12)33)15-3-4-16(30)28-19(15)31/h1-2,7,15,27H,3-6,8-9H2,(H,26,32)(H,28,30,31). The number of imide groups is 1. The number of aromatic nitrogens is 1. The van der Waals surface area contributed by atoms with Gasteiger partial charge in [0.05, 0.1) is 10.9 Å². The van der Waals surface area contributed by atoms with Crippen LogP contribution in [0, 0.1) is 0 Å². The number of piperidine rings is 1. The Labute approximate surface area is 195 Å². The largest absolute Gasteiger partial charge is 0.353 e. The van der Waals surface area contributed by atoms with Crippen LogP contribution in [0.1, 0.15) is 56.9 Å². The molecular weight excluding hydrogens is 502 g/mol. The number of H-pyrrole nitrogens is 1. The van der Waals surface area contributed by atoms with Crippen molar-refractivity contribution in [2.45, 2.75) is 50.6 Å². The Morgan fingerprint density at radius 3 is 2.76 bits per heavy atom. The van der Waals surface area contributed by atoms with Gasteiger partial charge in [-0.1, -0.05) is 0 Å². The van der Waals surface area contributed by atoms with Crippen LogP contribution >= 0.6 is 15.9 Å². The maximum atomic E-state index is 13.7. The van der Waals surface area contributed by atoms with Crippen LogP contribution in [0.4, 0.5) is 14.5 Å². The number of hydrogen-bond donors (Lipinski definition) is 3. The third-order valence-corrected chi connectivity index (χ3v) is 7.18. The Kier molecular flexibility index (Phi) is 5.11. The number of nitrogens with zero attached hydrogens (tertiary/aromatic N) is 1. The average molecular weight is 521 g/mol. The number of alkyl halides is 2. The number of nitrogens with one attached hydrogen (secondary N) is 3. The summed E-state index contributed by atoms with van der Waals surface area (Å²) < 4.78 is 27.9. The average Bonchev–Trinajstić information content (AvgIpc) is 3.23. The van der Waals surface area contributed by atoms with Gasteiger partial charge in [-0.25, -0.2) is 8.78 Å². The molecule has 0 radical (unpaired) electrons. The van der Waals surface area contributed by atoms with Crippen molar-refractivity contribution in [1.29, 1.82) is 0 Å². The third-order valence-electron chi connectivity index (χ3n) is 6.31. The van der Waals surface area contributed by atoms with Crippen molar-refractivity contribution in [3.63, 3.8) is 0 Å². The highest BCUT2D eigenvalue weighted by molar-refractivity contribution is 9.10. The van der Waals surface area contributed by atoms with Crippen molar-refractivity contribution in [3.05, 3.63) is 50.8 Å². The van der Waals surface area contributed by atoms with Gasteiger partial charge in [-0.3, -0.25) is 24.5 Å². The summed E-state index contributed by atoms with van der Waals surface area (Å²) in [7, 11) is 0. The summed E-state index contributed by atoms with van der Waals surface area (Å²) >= 11 is 3.36. The van der Waals surface area contributed by atoms with E-state index < -0.39 is 30.2 Å². The first-order valence-electron chi connectivity index (χ1n) is 10.5. The molecule has 1 unspecified atom stereocenters. The molecule has 8 nitrogen and oxygen atoms in total. The van der Waals surface area contributed by atoms with Gasteiger partial charge < -0.3 is 15.2 Å². The van der Waals surface area contributed by atoms with Crippen LogP contribution < -0.4 is 10.6 Å². The number of rotatable bonds is 3. The van der Waals surface area contributed by atoms with Gasteiger partial charge in [0, 0.05) is 36.3 Å². The molecule has 11 heteroatoms. The van der Waals surface area contributed by atoms with E-state index in [4.69, 9.17) is 0 Å². The highest BCUT2D eigenvalue weighted by Crippen LogP contribution is 2.38. The lowest BCUT2D eigenvalue weighted by Crippen LogP contribution is -2.52. The molecule has 1 fully saturated rings. The Balaban J connectivity index is 1.33. The van der Waals surface area contributed by atoms with Crippen LogP contribution in [0.3, 0.4) is 0 Å². The molecule has 5 rings (SSSR count). The zero-order valence-electron chi connectivity index (χ0n) is 17.3. The van der Waals surface area contributed by atoms with Gasteiger partial charge in [-0.2, -0.15) is 0 Å². The van der Waals surface area contributed by atoms with Crippen LogP contribution in [0.25, 0.3) is 0 Å². The SMILES string of the molecule is O=C1CCC(N2Cc3cc(NC(=O)c4[nH]c5c(c4Br)CCC(F)(F)C5)ccc3C2=O)C(=O)N1. The lowest BCUT2D eigenvalue weighted by molar-refractivity contribution is -0.136. The molecule has 0 spiro atoms. The van der Waals surface area contributed by atoms with E-state index in [1.54, 1.807) is 18.2 Å². The fraction of sp³-hybridized carbons (Fsp3) is 0.364. The van der Waals surface area contributed by atoms with Gasteiger partial charge in [0.25, 0.3) is 17.7 Å². The van der Waals surface area contributed by atoms with Crippen LogP contribution in [-0.2, 0) is 29.0 Å². The zero-order valence-corrected chi connectivity index (χ0v) is 18.9. The monoisotopic (exact) mass is 520 g/mol. The minimum atomic E-state index is -2.80. The molecule has 1 aromatic heterocycles. The van der Waals surface area contributed by atoms with E-state index in [0.29, 0.717) is 32.5 Å². The highest BCUT2D eigenvalue weighted by Gasteiger charge is 2.40. The first-order chi connectivity index (χ1) is 15.6. The Morgan fingerprint density at radius 2 is 2.00 bits per heavy atom. The molecule has 2 aromatic rings. The molecule has 0 bridgehead atoms. The van der Waals surface area contributed by atoms with E-state index in [0.717, 1.165) is 0 Å². The molecule has 172 valence electrons. The predicted molar refractivity (Wildman–Crippen MR) is 116 cm³/mol. The van der Waals surface area contributed by atoms with Crippen molar-refractivity contribution < 1.29 is 28.0 Å². The molecule has 3 N–H and O–H groups in total. The molecule has 3 aliphatic rings. The Morgan fingerprint density at radius 1 is 1.21 bits per heavy atom. The molecule has 1 atom stereocenters. The summed E-state index contributed by atoms with van der Waals surface area (Å²) in [6.07, 6.45) is -0.105. The minimum absolute atomic E-state index is 0.165. The van der Waals surface area contributed by atoms with Crippen LogP contribution in [0.5, 0.6) is 0 Å². The lowest BCUT2D eigenvalue weighted by Gasteiger charge is -2.29. The van der Waals surface area contributed by atoms with Crippen molar-refractivity contribution in [3.8, 4) is 0 Å². The Hall–Kier alpha value is -3.08. The third kappa shape index (κ3) is 3.84. The van der Waals surface area contributed by atoms with E-state index >= 15 is 0 Å². The first kappa shape index (κ1) is 21.7. The summed E-state index contributed by atoms with van der Waals surface area (Å²) in [5, 5.41) is 5.00. The van der Waals surface area contributed by atoms with E-state index in [1.165, 1.54) is 4.90 Å². The molecule has 33 heavy (non-hydrogen) atoms. The minimum Gasteiger partial charge on any atom is -0.353 e. The molecule has 1 aliphatic carbocycles. The van der Waals surface area contributed by atoms with Crippen LogP contribution in [-0.4, -0.2) is 45.5 Å². The zero-order chi connectivity index (χ0) is 23.5. The lowest BCUT2D eigenvalue weighted by atomic mass is 9.95. The normalized spacial score (nSPS) is 21.5. The van der Waals surface area contributed by atoms with Gasteiger partial charge in [0.2, 0.25) is 11.8 Å². The summed E-state index contributed by atoms with van der Waals surface area (Å²) in [5.41, 5.74) is 2.71. The number of halogens is 3. The quantitative estimate of drug-likeness (QED) is 0.540. The molecular formula is C22H19BrF2N4O4. The number of fused-ring (bicyclic) bond motifs is 2. The fourth-order valence-corrected chi connectivity index (χ4v) is 5.35. The smallest absolute Gasteiger partial charge is 0.273 e. The number of benzene rings is 1. The summed E-state index contributed by atoms with van der Waals surface area (Å²) in [4.78, 5) is 53.5. The second-order valence-corrected chi connectivity index (χ2v) is 9.32. The number of hydrogen-bond acceptors (Lipinski definition) is 4. The van der Waals surface area contributed by atoms with E-state index in [2.05, 4.69) is 31.5 Å². The predicted octanol–water partition coefficient (Wildman–Crippen LogP) is 2.91. The van der Waals surface area contributed by atoms with Crippen molar-refractivity contribution >= 4 is 45.2 Å². The van der Waals surface area contributed by atoms with E-state index in [1.807, 2.05) is 0 Å². The molecule has 4 amide bonds. The Bertz CT molecular complexity index is 1230. The van der Waals surface area contributed by atoms with E-state index in [-0.39, 0.29) is 49.7 Å². The molecule has 3 heterocycles. The summed E-state index contributed by atoms with van der Waals surface area (Å²) in [6.45, 7) is 0.180. The van der Waals surface area contributed by atoms with Crippen molar-refractivity contribution in [2.75, 3.05) is 5.32 Å². The summed E-state index contributed by atoms with van der Waals surface area (Å²) in [6, 6.07) is 4.09. The number of aromatic amines is 1. The van der Waals surface area contributed by atoms with Crippen LogP contribution in [0.15, 0.2) is 22.7 Å². The highest BCUT2D eigenvalue weighted by atomic mass is 79.9. The van der Waals surface area contributed by atoms with Gasteiger partial charge in [-0.05, 0) is 58.1 Å². The fourth-order valence-electron chi connectivity index (χ4n) is 4.63. The molecule has 1 aromatic carbocycles. The number of carbonyl (C=O) groups is 4. The summed E-state index contributed by atoms with van der Waals surface area (Å²) in [5.74, 6) is -4.45. The molecule has 0 saturated carbocycles. The topological polar surface area (TPSA) is 111 Å². The second kappa shape index (κ2) is 7.75. The number of carbonyl (C=O) groups excluding carboxylic acids is 4. The van der Waals surface area contributed by atoms with Gasteiger partial charge in [0.15, 0.2) is 0 Å². The maximum absolute atomic E-state index is 13.7. The van der Waals surface area contributed by atoms with E-state index in [9.17, 15) is 28.0 Å². The molecule has 1 saturated heterocycles. The maximum Gasteiger partial charge on any atom is 0.273 e. The van der Waals surface area contributed by atoms with Gasteiger partial charge >= 0.3 is 0 Å². The van der Waals surface area contributed by atoms with Gasteiger partial charge in [-0.15, -0.1) is 0 Å². The number of anilines is 1.